The molecule has 3 rings (SSSR count). The van der Waals surface area contributed by atoms with Gasteiger partial charge >= 0.3 is 0 Å². The van der Waals surface area contributed by atoms with Crippen LogP contribution >= 0.6 is 11.8 Å². The summed E-state index contributed by atoms with van der Waals surface area (Å²) < 4.78 is 0. The van der Waals surface area contributed by atoms with Gasteiger partial charge in [0, 0.05) is 23.4 Å². The molecule has 1 aromatic heterocycles. The molecule has 0 aliphatic heterocycles. The molecule has 3 nitrogen and oxygen atoms in total. The van der Waals surface area contributed by atoms with Crippen LogP contribution in [-0.4, -0.2) is 17.0 Å². The number of benzene rings is 1. The molecule has 1 saturated carbocycles. The van der Waals surface area contributed by atoms with Gasteiger partial charge < -0.3 is 5.32 Å². The molecule has 1 fully saturated rings. The second-order valence-corrected chi connectivity index (χ2v) is 6.79. The number of hydrogen-bond acceptors (Lipinski definition) is 4. The highest BCUT2D eigenvalue weighted by Crippen LogP contribution is 2.41. The van der Waals surface area contributed by atoms with E-state index in [1.54, 1.807) is 11.8 Å². The topological polar surface area (TPSA) is 37.8 Å². The van der Waals surface area contributed by atoms with Crippen LogP contribution < -0.4 is 5.32 Å². The molecule has 0 radical (unpaired) electrons. The van der Waals surface area contributed by atoms with E-state index in [4.69, 9.17) is 4.98 Å². The van der Waals surface area contributed by atoms with Crippen molar-refractivity contribution < 1.29 is 0 Å². The third-order valence-corrected chi connectivity index (χ3v) is 5.10. The third kappa shape index (κ3) is 3.05. The lowest BCUT2D eigenvalue weighted by molar-refractivity contribution is 0.864. The molecule has 1 aliphatic carbocycles. The zero-order valence-corrected chi connectivity index (χ0v) is 13.8. The van der Waals surface area contributed by atoms with Crippen molar-refractivity contribution in [1.82, 2.24) is 9.97 Å². The van der Waals surface area contributed by atoms with Crippen LogP contribution in [0.2, 0.25) is 0 Å². The number of anilines is 1. The minimum absolute atomic E-state index is 0.565. The van der Waals surface area contributed by atoms with Crippen molar-refractivity contribution in [2.24, 2.45) is 0 Å². The van der Waals surface area contributed by atoms with Crippen LogP contribution in [0, 0.1) is 20.8 Å². The maximum absolute atomic E-state index is 4.82. The van der Waals surface area contributed by atoms with E-state index in [0.29, 0.717) is 5.92 Å². The van der Waals surface area contributed by atoms with E-state index in [-0.39, 0.29) is 0 Å². The average molecular weight is 299 g/mol. The lowest BCUT2D eigenvalue weighted by Gasteiger charge is -2.13. The molecule has 0 saturated heterocycles. The first-order valence-electron chi connectivity index (χ1n) is 7.40. The van der Waals surface area contributed by atoms with Gasteiger partial charge in [-0.3, -0.25) is 0 Å². The van der Waals surface area contributed by atoms with Gasteiger partial charge in [0.25, 0.3) is 0 Å². The maximum atomic E-state index is 4.82. The zero-order valence-electron chi connectivity index (χ0n) is 13.0. The Hall–Kier alpha value is -1.55. The van der Waals surface area contributed by atoms with Crippen molar-refractivity contribution in [3.8, 4) is 0 Å². The predicted molar refractivity (Wildman–Crippen MR) is 88.3 cm³/mol. The van der Waals surface area contributed by atoms with E-state index in [1.165, 1.54) is 28.9 Å². The highest BCUT2D eigenvalue weighted by Gasteiger charge is 2.28. The Morgan fingerprint density at radius 1 is 1.14 bits per heavy atom. The Balaban J connectivity index is 2.00. The van der Waals surface area contributed by atoms with Crippen molar-refractivity contribution in [2.75, 3.05) is 12.4 Å². The van der Waals surface area contributed by atoms with Crippen molar-refractivity contribution in [2.45, 2.75) is 49.5 Å². The summed E-state index contributed by atoms with van der Waals surface area (Å²) in [6.45, 7) is 6.38. The first-order chi connectivity index (χ1) is 10.1. The first-order valence-corrected chi connectivity index (χ1v) is 8.21. The second kappa shape index (κ2) is 5.68. The van der Waals surface area contributed by atoms with Gasteiger partial charge in [-0.15, -0.1) is 0 Å². The number of rotatable bonds is 4. The average Bonchev–Trinajstić information content (AvgIpc) is 3.29. The molecule has 110 valence electrons. The molecule has 2 aromatic rings. The van der Waals surface area contributed by atoms with Crippen molar-refractivity contribution in [3.05, 3.63) is 40.7 Å². The maximum Gasteiger partial charge on any atom is 0.135 e. The third-order valence-electron chi connectivity index (χ3n) is 3.85. The van der Waals surface area contributed by atoms with Gasteiger partial charge in [-0.2, -0.15) is 0 Å². The number of hydrogen-bond donors (Lipinski definition) is 1. The van der Waals surface area contributed by atoms with Gasteiger partial charge in [0.1, 0.15) is 16.7 Å². The molecule has 0 bridgehead atoms. The van der Waals surface area contributed by atoms with E-state index < -0.39 is 0 Å². The van der Waals surface area contributed by atoms with Crippen LogP contribution in [0.5, 0.6) is 0 Å². The molecule has 0 spiro atoms. The molecule has 0 atom stereocenters. The Kier molecular flexibility index (Phi) is 3.89. The molecule has 0 unspecified atom stereocenters. The molecule has 4 heteroatoms. The number of nitrogens with zero attached hydrogens (tertiary/aromatic N) is 2. The molecule has 1 N–H and O–H groups in total. The van der Waals surface area contributed by atoms with Gasteiger partial charge in [0.05, 0.1) is 0 Å². The zero-order chi connectivity index (χ0) is 15.0. The monoisotopic (exact) mass is 299 g/mol. The van der Waals surface area contributed by atoms with Crippen LogP contribution in [0.1, 0.15) is 41.3 Å². The van der Waals surface area contributed by atoms with Gasteiger partial charge in [-0.25, -0.2) is 9.97 Å². The number of aromatic nitrogens is 2. The van der Waals surface area contributed by atoms with Gasteiger partial charge in [0.2, 0.25) is 0 Å². The Morgan fingerprint density at radius 2 is 1.90 bits per heavy atom. The smallest absolute Gasteiger partial charge is 0.135 e. The number of nitrogens with one attached hydrogen (secondary N) is 1. The van der Waals surface area contributed by atoms with E-state index >= 15 is 0 Å². The molecular weight excluding hydrogens is 278 g/mol. The van der Waals surface area contributed by atoms with Crippen LogP contribution in [0.25, 0.3) is 0 Å². The Labute approximate surface area is 130 Å². The summed E-state index contributed by atoms with van der Waals surface area (Å²) in [5.74, 6) is 2.52. The molecular formula is C17H21N3S. The highest BCUT2D eigenvalue weighted by molar-refractivity contribution is 7.99. The van der Waals surface area contributed by atoms with Gasteiger partial charge in [-0.1, -0.05) is 23.9 Å². The molecule has 1 heterocycles. The number of aryl methyl sites for hydroxylation is 2. The summed E-state index contributed by atoms with van der Waals surface area (Å²) in [6.07, 6.45) is 2.44. The van der Waals surface area contributed by atoms with E-state index in [9.17, 15) is 0 Å². The summed E-state index contributed by atoms with van der Waals surface area (Å²) in [6, 6.07) is 6.56. The lowest BCUT2D eigenvalue weighted by atomic mass is 10.2. The standard InChI is InChI=1S/C17H21N3S/c1-10-5-6-11(2)14(9-10)21-17-12(3)15(18-4)19-16(20-17)13-7-8-13/h5-6,9,13H,7-8H2,1-4H3,(H,18,19,20). The van der Waals surface area contributed by atoms with E-state index in [2.05, 4.69) is 49.3 Å². The molecule has 1 aliphatic rings. The van der Waals surface area contributed by atoms with Crippen LogP contribution in [0.15, 0.2) is 28.1 Å². The molecule has 1 aromatic carbocycles. The summed E-state index contributed by atoms with van der Waals surface area (Å²) in [7, 11) is 1.93. The van der Waals surface area contributed by atoms with Crippen molar-refractivity contribution in [3.63, 3.8) is 0 Å². The largest absolute Gasteiger partial charge is 0.373 e. The highest BCUT2D eigenvalue weighted by atomic mass is 32.2. The molecule has 21 heavy (non-hydrogen) atoms. The minimum atomic E-state index is 0.565. The summed E-state index contributed by atoms with van der Waals surface area (Å²) >= 11 is 1.75. The van der Waals surface area contributed by atoms with Crippen LogP contribution in [-0.2, 0) is 0 Å². The Bertz CT molecular complexity index is 678. The van der Waals surface area contributed by atoms with Crippen LogP contribution in [0.4, 0.5) is 5.82 Å². The predicted octanol–water partition coefficient (Wildman–Crippen LogP) is 4.47. The lowest BCUT2D eigenvalue weighted by Crippen LogP contribution is -2.04. The fourth-order valence-corrected chi connectivity index (χ4v) is 3.37. The van der Waals surface area contributed by atoms with Crippen LogP contribution in [0.3, 0.4) is 0 Å². The fraction of sp³-hybridized carbons (Fsp3) is 0.412. The second-order valence-electron chi connectivity index (χ2n) is 5.76. The first kappa shape index (κ1) is 14.4. The SMILES string of the molecule is CNc1nc(C2CC2)nc(Sc2cc(C)ccc2C)c1C. The summed E-state index contributed by atoms with van der Waals surface area (Å²) in [4.78, 5) is 10.8. The van der Waals surface area contributed by atoms with Gasteiger partial charge in [-0.05, 0) is 50.8 Å². The normalized spacial score (nSPS) is 14.3. The van der Waals surface area contributed by atoms with Gasteiger partial charge in [0.15, 0.2) is 0 Å². The summed E-state index contributed by atoms with van der Waals surface area (Å²) in [5, 5.41) is 4.28. The Morgan fingerprint density at radius 3 is 2.57 bits per heavy atom. The summed E-state index contributed by atoms with van der Waals surface area (Å²) in [5.41, 5.74) is 3.71. The van der Waals surface area contributed by atoms with E-state index in [1.807, 2.05) is 7.05 Å². The van der Waals surface area contributed by atoms with Crippen molar-refractivity contribution in [1.29, 1.82) is 0 Å². The van der Waals surface area contributed by atoms with E-state index in [0.717, 1.165) is 22.2 Å². The molecule has 0 amide bonds. The fourth-order valence-electron chi connectivity index (χ4n) is 2.30. The van der Waals surface area contributed by atoms with Crippen molar-refractivity contribution >= 4 is 17.6 Å². The quantitative estimate of drug-likeness (QED) is 0.845. The minimum Gasteiger partial charge on any atom is -0.373 e.